The Balaban J connectivity index is 3.11. The third kappa shape index (κ3) is 3.88. The summed E-state index contributed by atoms with van der Waals surface area (Å²) >= 11 is 0. The summed E-state index contributed by atoms with van der Waals surface area (Å²) in [4.78, 5) is 11.4. The lowest BCUT2D eigenvalue weighted by Gasteiger charge is -2.31. The van der Waals surface area contributed by atoms with Crippen LogP contribution < -0.4 is 4.74 Å². The summed E-state index contributed by atoms with van der Waals surface area (Å²) in [7, 11) is 0.622. The number of alkyl halides is 8. The fourth-order valence-electron chi connectivity index (χ4n) is 1.61. The van der Waals surface area contributed by atoms with Crippen LogP contribution in [0.2, 0.25) is 0 Å². The standard InChI is InChI=1S/C13H7F11O3/c1-26-8-6(15)4(2-5(14)7(8)16)9(25)27-3-11(19,20)13(23,24)12(21,22)10(17)18/h2,10H,3H2,1H3. The SMILES string of the molecule is COc1c(F)c(F)cc(C(=O)OCC(F)(F)C(F)(F)C(F)(F)C(F)F)c1F. The van der Waals surface area contributed by atoms with Crippen LogP contribution in [0, 0.1) is 17.5 Å². The summed E-state index contributed by atoms with van der Waals surface area (Å²) < 4.78 is 149. The number of carbonyl (C=O) groups is 1. The molecular formula is C13H7F11O3. The molecule has 0 aliphatic rings. The highest BCUT2D eigenvalue weighted by molar-refractivity contribution is 5.90. The van der Waals surface area contributed by atoms with Gasteiger partial charge in [0, 0.05) is 0 Å². The molecule has 0 radical (unpaired) electrons. The van der Waals surface area contributed by atoms with Crippen LogP contribution in [0.5, 0.6) is 5.75 Å². The first-order valence-corrected chi connectivity index (χ1v) is 6.42. The van der Waals surface area contributed by atoms with Crippen molar-refractivity contribution in [2.45, 2.75) is 24.2 Å². The molecule has 0 aliphatic carbocycles. The molecule has 0 N–H and O–H groups in total. The topological polar surface area (TPSA) is 35.5 Å². The largest absolute Gasteiger partial charge is 0.491 e. The van der Waals surface area contributed by atoms with E-state index in [9.17, 15) is 53.1 Å². The summed E-state index contributed by atoms with van der Waals surface area (Å²) in [5, 5.41) is 0. The number of halogens is 11. The van der Waals surface area contributed by atoms with Crippen molar-refractivity contribution < 1.29 is 62.6 Å². The first-order chi connectivity index (χ1) is 12.1. The van der Waals surface area contributed by atoms with Crippen LogP contribution in [0.25, 0.3) is 0 Å². The maximum absolute atomic E-state index is 13.7. The molecule has 1 rings (SSSR count). The minimum atomic E-state index is -6.67. The Bertz CT molecular complexity index is 718. The number of esters is 1. The second-order valence-electron chi connectivity index (χ2n) is 4.85. The van der Waals surface area contributed by atoms with E-state index in [0.717, 1.165) is 0 Å². The minimum absolute atomic E-state index is 0.209. The average molecular weight is 420 g/mol. The van der Waals surface area contributed by atoms with E-state index in [1.165, 1.54) is 0 Å². The van der Waals surface area contributed by atoms with Gasteiger partial charge in [-0.15, -0.1) is 0 Å². The predicted molar refractivity (Wildman–Crippen MR) is 64.0 cm³/mol. The van der Waals surface area contributed by atoms with Crippen molar-refractivity contribution in [3.8, 4) is 5.75 Å². The Kier molecular flexibility index (Phi) is 6.22. The summed E-state index contributed by atoms with van der Waals surface area (Å²) in [5.74, 6) is -28.8. The van der Waals surface area contributed by atoms with Crippen molar-refractivity contribution in [1.29, 1.82) is 0 Å². The quantitative estimate of drug-likeness (QED) is 0.372. The highest BCUT2D eigenvalue weighted by atomic mass is 19.4. The molecule has 0 spiro atoms. The zero-order valence-electron chi connectivity index (χ0n) is 12.7. The van der Waals surface area contributed by atoms with Crippen molar-refractivity contribution in [3.05, 3.63) is 29.1 Å². The molecule has 0 atom stereocenters. The molecule has 0 unspecified atom stereocenters. The van der Waals surface area contributed by atoms with Gasteiger partial charge in [0.15, 0.2) is 24.0 Å². The molecule has 27 heavy (non-hydrogen) atoms. The van der Waals surface area contributed by atoms with Crippen LogP contribution in [0.1, 0.15) is 10.4 Å². The van der Waals surface area contributed by atoms with Gasteiger partial charge in [0.05, 0.1) is 7.11 Å². The first kappa shape index (κ1) is 22.8. The number of hydrogen-bond acceptors (Lipinski definition) is 3. The Morgan fingerprint density at radius 3 is 2.00 bits per heavy atom. The zero-order chi connectivity index (χ0) is 21.4. The molecule has 0 fully saturated rings. The lowest BCUT2D eigenvalue weighted by Crippen LogP contribution is -2.59. The fourth-order valence-corrected chi connectivity index (χ4v) is 1.61. The number of ether oxygens (including phenoxy) is 2. The van der Waals surface area contributed by atoms with Crippen LogP contribution in [0.3, 0.4) is 0 Å². The number of rotatable bonds is 7. The van der Waals surface area contributed by atoms with Gasteiger partial charge >= 0.3 is 30.2 Å². The van der Waals surface area contributed by atoms with Crippen LogP contribution in [-0.2, 0) is 4.74 Å². The molecule has 154 valence electrons. The van der Waals surface area contributed by atoms with Crippen LogP contribution in [0.15, 0.2) is 6.07 Å². The second-order valence-corrected chi connectivity index (χ2v) is 4.85. The normalized spacial score (nSPS) is 13.1. The summed E-state index contributed by atoms with van der Waals surface area (Å²) in [6.07, 6.45) is -5.19. The molecule has 1 aromatic rings. The Morgan fingerprint density at radius 1 is 1.04 bits per heavy atom. The van der Waals surface area contributed by atoms with Crippen molar-refractivity contribution in [1.82, 2.24) is 0 Å². The van der Waals surface area contributed by atoms with E-state index in [4.69, 9.17) is 0 Å². The summed E-state index contributed by atoms with van der Waals surface area (Å²) in [5.41, 5.74) is -1.61. The van der Waals surface area contributed by atoms with E-state index in [1.807, 2.05) is 0 Å². The molecule has 0 saturated carbocycles. The maximum Gasteiger partial charge on any atom is 0.381 e. The summed E-state index contributed by atoms with van der Waals surface area (Å²) in [6, 6.07) is -0.209. The van der Waals surface area contributed by atoms with Gasteiger partial charge in [-0.3, -0.25) is 0 Å². The van der Waals surface area contributed by atoms with E-state index >= 15 is 0 Å². The molecular weight excluding hydrogens is 413 g/mol. The lowest BCUT2D eigenvalue weighted by molar-refractivity contribution is -0.343. The number of benzene rings is 1. The molecule has 0 amide bonds. The van der Waals surface area contributed by atoms with Crippen molar-refractivity contribution >= 4 is 5.97 Å². The molecule has 14 heteroatoms. The van der Waals surface area contributed by atoms with Gasteiger partial charge in [-0.05, 0) is 6.07 Å². The third-order valence-corrected chi connectivity index (χ3v) is 3.08. The Labute approximate surface area is 142 Å². The van der Waals surface area contributed by atoms with E-state index in [-0.39, 0.29) is 6.07 Å². The third-order valence-electron chi connectivity index (χ3n) is 3.08. The first-order valence-electron chi connectivity index (χ1n) is 6.42. The molecule has 0 saturated heterocycles. The Hall–Kier alpha value is -2.28. The van der Waals surface area contributed by atoms with Crippen molar-refractivity contribution in [3.63, 3.8) is 0 Å². The molecule has 3 nitrogen and oxygen atoms in total. The lowest BCUT2D eigenvalue weighted by atomic mass is 10.1. The molecule has 0 aromatic heterocycles. The van der Waals surface area contributed by atoms with E-state index < -0.39 is 65.5 Å². The van der Waals surface area contributed by atoms with Gasteiger partial charge in [-0.1, -0.05) is 0 Å². The van der Waals surface area contributed by atoms with Gasteiger partial charge in [0.25, 0.3) is 0 Å². The van der Waals surface area contributed by atoms with E-state index in [2.05, 4.69) is 9.47 Å². The van der Waals surface area contributed by atoms with Crippen molar-refractivity contribution in [2.24, 2.45) is 0 Å². The predicted octanol–water partition coefficient (Wildman–Crippen LogP) is 4.44. The minimum Gasteiger partial charge on any atom is -0.491 e. The highest BCUT2D eigenvalue weighted by Gasteiger charge is 2.75. The van der Waals surface area contributed by atoms with Gasteiger partial charge in [-0.2, -0.15) is 30.7 Å². The van der Waals surface area contributed by atoms with Gasteiger partial charge < -0.3 is 9.47 Å². The maximum atomic E-state index is 13.7. The van der Waals surface area contributed by atoms with Crippen LogP contribution in [0.4, 0.5) is 48.3 Å². The second kappa shape index (κ2) is 7.38. The zero-order valence-corrected chi connectivity index (χ0v) is 12.7. The van der Waals surface area contributed by atoms with E-state index in [1.54, 1.807) is 0 Å². The molecule has 0 heterocycles. The van der Waals surface area contributed by atoms with E-state index in [0.29, 0.717) is 7.11 Å². The highest BCUT2D eigenvalue weighted by Crippen LogP contribution is 2.48. The van der Waals surface area contributed by atoms with Gasteiger partial charge in [0.1, 0.15) is 5.56 Å². The smallest absolute Gasteiger partial charge is 0.381 e. The van der Waals surface area contributed by atoms with Crippen LogP contribution >= 0.6 is 0 Å². The molecule has 1 aromatic carbocycles. The van der Waals surface area contributed by atoms with Crippen LogP contribution in [-0.4, -0.2) is 43.9 Å². The molecule has 0 bridgehead atoms. The number of carbonyl (C=O) groups excluding carboxylic acids is 1. The number of hydrogen-bond donors (Lipinski definition) is 0. The van der Waals surface area contributed by atoms with Gasteiger partial charge in [0.2, 0.25) is 5.82 Å². The Morgan fingerprint density at radius 2 is 1.56 bits per heavy atom. The van der Waals surface area contributed by atoms with Gasteiger partial charge in [-0.25, -0.2) is 22.4 Å². The fraction of sp³-hybridized carbons (Fsp3) is 0.462. The monoisotopic (exact) mass is 420 g/mol. The van der Waals surface area contributed by atoms with Crippen molar-refractivity contribution in [2.75, 3.05) is 13.7 Å². The summed E-state index contributed by atoms with van der Waals surface area (Å²) in [6.45, 7) is -2.90. The number of methoxy groups -OCH3 is 1. The molecule has 0 aliphatic heterocycles. The average Bonchev–Trinajstić information content (AvgIpc) is 2.56.